The molecule has 0 saturated carbocycles. The third-order valence-electron chi connectivity index (χ3n) is 3.32. The molecule has 1 N–H and O–H groups in total. The fraction of sp³-hybridized carbons (Fsp3) is 0.389. The SMILES string of the molecule is O=C(/C=C/C=C/CCSc1ccccc1)NCC1CCCO1.[HH]. The van der Waals surface area contributed by atoms with Crippen LogP contribution in [0.3, 0.4) is 0 Å². The maximum atomic E-state index is 11.6. The standard InChI is InChI=1S/C18H23NO2S.H2/c20-18(19-15-16-9-8-13-21-16)12-6-1-2-7-14-22-17-10-4-3-5-11-17;/h1-6,10-12,16H,7-9,13-15H2,(H,19,20);1H/b2-1+,12-6+;. The van der Waals surface area contributed by atoms with E-state index in [0.717, 1.165) is 31.6 Å². The first-order chi connectivity index (χ1) is 10.8. The molecule has 0 bridgehead atoms. The molecule has 1 aromatic carbocycles. The lowest BCUT2D eigenvalue weighted by molar-refractivity contribution is -0.117. The summed E-state index contributed by atoms with van der Waals surface area (Å²) >= 11 is 1.84. The van der Waals surface area contributed by atoms with E-state index >= 15 is 0 Å². The van der Waals surface area contributed by atoms with Crippen LogP contribution in [0.5, 0.6) is 0 Å². The molecule has 120 valence electrons. The molecule has 0 radical (unpaired) electrons. The summed E-state index contributed by atoms with van der Waals surface area (Å²) in [5.74, 6) is 0.985. The number of allylic oxidation sites excluding steroid dienone is 3. The van der Waals surface area contributed by atoms with Crippen molar-refractivity contribution in [3.8, 4) is 0 Å². The van der Waals surface area contributed by atoms with Gasteiger partial charge < -0.3 is 10.1 Å². The van der Waals surface area contributed by atoms with Crippen LogP contribution in [-0.2, 0) is 9.53 Å². The fourth-order valence-corrected chi connectivity index (χ4v) is 3.00. The van der Waals surface area contributed by atoms with Crippen molar-refractivity contribution in [1.29, 1.82) is 0 Å². The lowest BCUT2D eigenvalue weighted by atomic mass is 10.2. The highest BCUT2D eigenvalue weighted by atomic mass is 32.2. The third-order valence-corrected chi connectivity index (χ3v) is 4.36. The normalized spacial score (nSPS) is 18.3. The average Bonchev–Trinajstić information content (AvgIpc) is 3.06. The summed E-state index contributed by atoms with van der Waals surface area (Å²) in [4.78, 5) is 12.9. The summed E-state index contributed by atoms with van der Waals surface area (Å²) in [5, 5.41) is 2.86. The second-order valence-corrected chi connectivity index (χ2v) is 6.29. The maximum Gasteiger partial charge on any atom is 0.244 e. The molecule has 0 aliphatic carbocycles. The van der Waals surface area contributed by atoms with Gasteiger partial charge in [-0.25, -0.2) is 0 Å². The third kappa shape index (κ3) is 6.96. The van der Waals surface area contributed by atoms with Crippen molar-refractivity contribution in [2.75, 3.05) is 18.9 Å². The number of nitrogens with one attached hydrogen (secondary N) is 1. The van der Waals surface area contributed by atoms with E-state index in [9.17, 15) is 4.79 Å². The van der Waals surface area contributed by atoms with Crippen LogP contribution < -0.4 is 5.32 Å². The monoisotopic (exact) mass is 319 g/mol. The molecule has 4 heteroatoms. The van der Waals surface area contributed by atoms with Gasteiger partial charge in [0.1, 0.15) is 0 Å². The van der Waals surface area contributed by atoms with Gasteiger partial charge in [-0.05, 0) is 31.4 Å². The van der Waals surface area contributed by atoms with Crippen LogP contribution in [0.2, 0.25) is 0 Å². The van der Waals surface area contributed by atoms with Crippen molar-refractivity contribution < 1.29 is 11.0 Å². The summed E-state index contributed by atoms with van der Waals surface area (Å²) in [7, 11) is 0. The topological polar surface area (TPSA) is 38.3 Å². The Bertz CT molecular complexity index is 499. The van der Waals surface area contributed by atoms with E-state index in [-0.39, 0.29) is 13.4 Å². The number of hydrogen-bond acceptors (Lipinski definition) is 3. The number of carbonyl (C=O) groups is 1. The molecule has 1 heterocycles. The number of ether oxygens (including phenoxy) is 1. The Labute approximate surface area is 138 Å². The summed E-state index contributed by atoms with van der Waals surface area (Å²) in [5.41, 5.74) is 0. The van der Waals surface area contributed by atoms with Crippen LogP contribution in [0.15, 0.2) is 59.5 Å². The number of thioether (sulfide) groups is 1. The Morgan fingerprint density at radius 2 is 2.23 bits per heavy atom. The number of carbonyl (C=O) groups excluding carboxylic acids is 1. The molecule has 3 nitrogen and oxygen atoms in total. The van der Waals surface area contributed by atoms with Crippen LogP contribution >= 0.6 is 11.8 Å². The number of benzene rings is 1. The van der Waals surface area contributed by atoms with Gasteiger partial charge in [0.25, 0.3) is 0 Å². The highest BCUT2D eigenvalue weighted by Gasteiger charge is 2.15. The predicted octanol–water partition coefficient (Wildman–Crippen LogP) is 3.82. The van der Waals surface area contributed by atoms with Gasteiger partial charge in [-0.3, -0.25) is 4.79 Å². The van der Waals surface area contributed by atoms with Gasteiger partial charge >= 0.3 is 0 Å². The first-order valence-electron chi connectivity index (χ1n) is 7.75. The minimum Gasteiger partial charge on any atom is -0.376 e. The number of rotatable bonds is 8. The lowest BCUT2D eigenvalue weighted by Gasteiger charge is -2.08. The first-order valence-corrected chi connectivity index (χ1v) is 8.73. The van der Waals surface area contributed by atoms with Gasteiger partial charge in [0.05, 0.1) is 6.10 Å². The zero-order chi connectivity index (χ0) is 15.5. The molecule has 1 aromatic rings. The first kappa shape index (κ1) is 16.8. The van der Waals surface area contributed by atoms with Crippen LogP contribution in [0.4, 0.5) is 0 Å². The molecule has 0 aromatic heterocycles. The minimum atomic E-state index is -0.0567. The zero-order valence-electron chi connectivity index (χ0n) is 12.7. The van der Waals surface area contributed by atoms with Crippen molar-refractivity contribution in [1.82, 2.24) is 5.32 Å². The largest absolute Gasteiger partial charge is 0.376 e. The average molecular weight is 319 g/mol. The van der Waals surface area contributed by atoms with Crippen LogP contribution in [-0.4, -0.2) is 30.9 Å². The highest BCUT2D eigenvalue weighted by Crippen LogP contribution is 2.17. The Morgan fingerprint density at radius 3 is 3.00 bits per heavy atom. The number of amides is 1. The van der Waals surface area contributed by atoms with Crippen molar-refractivity contribution in [2.24, 2.45) is 0 Å². The Balaban J connectivity index is 0.00000264. The molecule has 1 aliphatic rings. The van der Waals surface area contributed by atoms with Crippen molar-refractivity contribution >= 4 is 17.7 Å². The van der Waals surface area contributed by atoms with E-state index in [1.165, 1.54) is 4.90 Å². The lowest BCUT2D eigenvalue weighted by Crippen LogP contribution is -2.30. The summed E-state index contributed by atoms with van der Waals surface area (Å²) in [6.45, 7) is 1.43. The smallest absolute Gasteiger partial charge is 0.244 e. The summed E-state index contributed by atoms with van der Waals surface area (Å²) < 4.78 is 5.45. The summed E-state index contributed by atoms with van der Waals surface area (Å²) in [6, 6.07) is 10.4. The van der Waals surface area contributed by atoms with Gasteiger partial charge in [-0.15, -0.1) is 11.8 Å². The number of hydrogen-bond donors (Lipinski definition) is 1. The van der Waals surface area contributed by atoms with E-state index in [4.69, 9.17) is 4.74 Å². The fourth-order valence-electron chi connectivity index (χ4n) is 2.16. The highest BCUT2D eigenvalue weighted by molar-refractivity contribution is 7.99. The summed E-state index contributed by atoms with van der Waals surface area (Å²) in [6.07, 6.45) is 10.7. The Kier molecular flexibility index (Phi) is 7.85. The molecule has 1 unspecified atom stereocenters. The van der Waals surface area contributed by atoms with Crippen LogP contribution in [0.25, 0.3) is 0 Å². The second-order valence-electron chi connectivity index (χ2n) is 5.12. The van der Waals surface area contributed by atoms with Gasteiger partial charge in [-0.2, -0.15) is 0 Å². The molecule has 1 fully saturated rings. The van der Waals surface area contributed by atoms with Crippen LogP contribution in [0.1, 0.15) is 20.7 Å². The Morgan fingerprint density at radius 1 is 1.36 bits per heavy atom. The van der Waals surface area contributed by atoms with Crippen molar-refractivity contribution in [3.63, 3.8) is 0 Å². The van der Waals surface area contributed by atoms with E-state index in [0.29, 0.717) is 6.54 Å². The van der Waals surface area contributed by atoms with E-state index in [1.807, 2.05) is 23.9 Å². The van der Waals surface area contributed by atoms with Crippen LogP contribution in [0, 0.1) is 0 Å². The van der Waals surface area contributed by atoms with Gasteiger partial charge in [0, 0.05) is 31.3 Å². The van der Waals surface area contributed by atoms with Gasteiger partial charge in [-0.1, -0.05) is 36.4 Å². The molecule has 22 heavy (non-hydrogen) atoms. The quantitative estimate of drug-likeness (QED) is 0.342. The van der Waals surface area contributed by atoms with Gasteiger partial charge in [0.15, 0.2) is 0 Å². The Hall–Kier alpha value is -1.52. The van der Waals surface area contributed by atoms with Gasteiger partial charge in [0.2, 0.25) is 5.91 Å². The maximum absolute atomic E-state index is 11.6. The molecule has 0 spiro atoms. The molecule has 2 rings (SSSR count). The van der Waals surface area contributed by atoms with E-state index < -0.39 is 0 Å². The van der Waals surface area contributed by atoms with Crippen molar-refractivity contribution in [2.45, 2.75) is 30.3 Å². The second kappa shape index (κ2) is 10.2. The zero-order valence-corrected chi connectivity index (χ0v) is 13.6. The molecular weight excluding hydrogens is 294 g/mol. The molecule has 1 atom stereocenters. The molecular formula is C18H25NO2S. The molecule has 1 aliphatic heterocycles. The van der Waals surface area contributed by atoms with Crippen molar-refractivity contribution in [3.05, 3.63) is 54.6 Å². The molecule has 1 amide bonds. The van der Waals surface area contributed by atoms with E-state index in [2.05, 4.69) is 35.7 Å². The molecule has 1 saturated heterocycles. The minimum absolute atomic E-state index is 0. The van der Waals surface area contributed by atoms with E-state index in [1.54, 1.807) is 12.2 Å². The predicted molar refractivity (Wildman–Crippen MR) is 94.2 cm³/mol.